The first kappa shape index (κ1) is 21.9. The van der Waals surface area contributed by atoms with Crippen LogP contribution in [0.4, 0.5) is 0 Å². The van der Waals surface area contributed by atoms with Crippen LogP contribution in [0, 0.1) is 12.3 Å². The van der Waals surface area contributed by atoms with E-state index in [4.69, 9.17) is 11.4 Å². The Bertz CT molecular complexity index is 1230. The fraction of sp³-hybridized carbons (Fsp3) is 0.172. The highest BCUT2D eigenvalue weighted by atomic mass is 15.2. The zero-order chi connectivity index (χ0) is 22.1. The molecule has 1 aliphatic rings. The molecule has 0 fully saturated rings. The number of fused-ring (bicyclic) bond motifs is 1. The van der Waals surface area contributed by atoms with Crippen LogP contribution in [0.15, 0.2) is 102 Å². The summed E-state index contributed by atoms with van der Waals surface area (Å²) in [4.78, 5) is 7.29. The van der Waals surface area contributed by atoms with E-state index in [2.05, 4.69) is 78.9 Å². The number of rotatable bonds is 6. The van der Waals surface area contributed by atoms with E-state index in [1.165, 1.54) is 5.56 Å². The largest absolute Gasteiger partial charge is 0.321 e. The Balaban J connectivity index is 2.33. The number of benzene rings is 2. The summed E-state index contributed by atoms with van der Waals surface area (Å²) in [5, 5.41) is 2.17. The van der Waals surface area contributed by atoms with Gasteiger partial charge >= 0.3 is 0 Å². The second-order valence-corrected chi connectivity index (χ2v) is 7.49. The second kappa shape index (κ2) is 10.8. The molecule has 0 aliphatic heterocycles. The summed E-state index contributed by atoms with van der Waals surface area (Å²) in [6.07, 6.45) is 17.6. The van der Waals surface area contributed by atoms with Crippen molar-refractivity contribution in [2.45, 2.75) is 33.4 Å². The zero-order valence-corrected chi connectivity index (χ0v) is 18.4. The van der Waals surface area contributed by atoms with Gasteiger partial charge in [0.15, 0.2) is 0 Å². The van der Waals surface area contributed by atoms with Crippen molar-refractivity contribution in [3.8, 4) is 12.3 Å². The molecule has 0 amide bonds. The van der Waals surface area contributed by atoms with Crippen LogP contribution in [0.1, 0.15) is 26.3 Å². The van der Waals surface area contributed by atoms with Gasteiger partial charge in [0.2, 0.25) is 0 Å². The maximum atomic E-state index is 5.69. The SMILES string of the molecule is C#C/C=C(\C=C/C)C(=NC(C)C)N(Cc1ccccc1)C1=c2ccccc2=C=CC=C1. The van der Waals surface area contributed by atoms with Crippen LogP contribution >= 0.6 is 0 Å². The van der Waals surface area contributed by atoms with Gasteiger partial charge in [0.25, 0.3) is 0 Å². The van der Waals surface area contributed by atoms with Gasteiger partial charge in [0, 0.05) is 28.6 Å². The van der Waals surface area contributed by atoms with Gasteiger partial charge < -0.3 is 4.90 Å². The molecular weight excluding hydrogens is 376 g/mol. The highest BCUT2D eigenvalue weighted by Crippen LogP contribution is 2.20. The fourth-order valence-corrected chi connectivity index (χ4v) is 3.48. The molecule has 0 saturated carbocycles. The maximum absolute atomic E-state index is 5.69. The zero-order valence-electron chi connectivity index (χ0n) is 18.4. The van der Waals surface area contributed by atoms with Crippen LogP contribution in [0.2, 0.25) is 0 Å². The summed E-state index contributed by atoms with van der Waals surface area (Å²) in [7, 11) is 0. The first-order chi connectivity index (χ1) is 15.1. The molecule has 0 atom stereocenters. The van der Waals surface area contributed by atoms with E-state index in [1.807, 2.05) is 43.4 Å². The minimum absolute atomic E-state index is 0.106. The van der Waals surface area contributed by atoms with Crippen molar-refractivity contribution in [1.82, 2.24) is 4.90 Å². The van der Waals surface area contributed by atoms with Crippen molar-refractivity contribution >= 4 is 17.3 Å². The summed E-state index contributed by atoms with van der Waals surface area (Å²) < 4.78 is 0. The molecule has 0 saturated heterocycles. The molecule has 0 aromatic heterocycles. The van der Waals surface area contributed by atoms with Crippen molar-refractivity contribution in [2.75, 3.05) is 0 Å². The lowest BCUT2D eigenvalue weighted by Crippen LogP contribution is -2.37. The first-order valence-corrected chi connectivity index (χ1v) is 10.6. The molecular formula is C29H28N2. The molecule has 1 aliphatic carbocycles. The van der Waals surface area contributed by atoms with Crippen molar-refractivity contribution < 1.29 is 0 Å². The quantitative estimate of drug-likeness (QED) is 0.294. The van der Waals surface area contributed by atoms with Crippen molar-refractivity contribution in [2.24, 2.45) is 4.99 Å². The van der Waals surface area contributed by atoms with Crippen LogP contribution in [0.5, 0.6) is 0 Å². The van der Waals surface area contributed by atoms with Gasteiger partial charge in [-0.25, -0.2) is 0 Å². The molecule has 0 spiro atoms. The Morgan fingerprint density at radius 2 is 1.87 bits per heavy atom. The molecule has 2 heteroatoms. The van der Waals surface area contributed by atoms with Gasteiger partial charge in [0.05, 0.1) is 5.70 Å². The maximum Gasteiger partial charge on any atom is 0.136 e. The molecule has 0 heterocycles. The Labute approximate surface area is 185 Å². The third-order valence-electron chi connectivity index (χ3n) is 4.75. The van der Waals surface area contributed by atoms with Gasteiger partial charge in [-0.15, -0.1) is 12.2 Å². The molecule has 0 bridgehead atoms. The average molecular weight is 405 g/mol. The number of amidine groups is 1. The Hall–Kier alpha value is -3.79. The van der Waals surface area contributed by atoms with E-state index >= 15 is 0 Å². The Morgan fingerprint density at radius 3 is 2.58 bits per heavy atom. The van der Waals surface area contributed by atoms with E-state index in [0.717, 1.165) is 27.5 Å². The normalized spacial score (nSPS) is 13.7. The standard InChI is InChI=1S/C29H28N2/c1-5-14-26(15-6-2)29(30-23(3)4)31(22-24-16-8-7-9-17-24)28-21-13-11-19-25-18-10-12-20-27(25)28/h1,6-18,20-21,23H,22H2,2-4H3/b15-6-,26-14+,30-29?. The third kappa shape index (κ3) is 5.64. The Morgan fingerprint density at radius 1 is 1.13 bits per heavy atom. The van der Waals surface area contributed by atoms with Gasteiger partial charge in [-0.1, -0.05) is 72.7 Å². The van der Waals surface area contributed by atoms with E-state index in [-0.39, 0.29) is 6.04 Å². The Kier molecular flexibility index (Phi) is 7.66. The van der Waals surface area contributed by atoms with Crippen LogP contribution < -0.4 is 10.4 Å². The van der Waals surface area contributed by atoms with Crippen LogP contribution in [-0.2, 0) is 6.54 Å². The van der Waals surface area contributed by atoms with E-state index in [0.29, 0.717) is 6.54 Å². The molecule has 0 radical (unpaired) electrons. The minimum atomic E-state index is 0.106. The number of nitrogens with zero attached hydrogens (tertiary/aromatic N) is 2. The van der Waals surface area contributed by atoms with Gasteiger partial charge in [-0.2, -0.15) is 0 Å². The van der Waals surface area contributed by atoms with Gasteiger partial charge in [0.1, 0.15) is 5.84 Å². The number of hydrogen-bond donors (Lipinski definition) is 0. The van der Waals surface area contributed by atoms with E-state index < -0.39 is 0 Å². The molecule has 0 unspecified atom stereocenters. The molecule has 2 aromatic carbocycles. The lowest BCUT2D eigenvalue weighted by molar-refractivity contribution is 0.569. The number of hydrogen-bond acceptors (Lipinski definition) is 1. The smallest absolute Gasteiger partial charge is 0.136 e. The fourth-order valence-electron chi connectivity index (χ4n) is 3.48. The minimum Gasteiger partial charge on any atom is -0.321 e. The van der Waals surface area contributed by atoms with Crippen LogP contribution in [-0.4, -0.2) is 16.8 Å². The van der Waals surface area contributed by atoms with Gasteiger partial charge in [-0.05, 0) is 50.6 Å². The second-order valence-electron chi connectivity index (χ2n) is 7.49. The lowest BCUT2D eigenvalue weighted by atomic mass is 10.1. The predicted molar refractivity (Wildman–Crippen MR) is 133 cm³/mol. The molecule has 31 heavy (non-hydrogen) atoms. The van der Waals surface area contributed by atoms with Crippen molar-refractivity contribution in [1.29, 1.82) is 0 Å². The summed E-state index contributed by atoms with van der Waals surface area (Å²) in [6.45, 7) is 6.83. The number of aliphatic imine (C=N–C) groups is 1. The summed E-state index contributed by atoms with van der Waals surface area (Å²) >= 11 is 0. The molecule has 2 aromatic rings. The molecule has 154 valence electrons. The molecule has 0 N–H and O–H groups in total. The topological polar surface area (TPSA) is 15.6 Å². The van der Waals surface area contributed by atoms with Crippen LogP contribution in [0.3, 0.4) is 0 Å². The summed E-state index contributed by atoms with van der Waals surface area (Å²) in [5.41, 5.74) is 6.54. The molecule has 3 rings (SSSR count). The van der Waals surface area contributed by atoms with Gasteiger partial charge in [-0.3, -0.25) is 4.99 Å². The monoisotopic (exact) mass is 404 g/mol. The van der Waals surface area contributed by atoms with Crippen molar-refractivity contribution in [3.63, 3.8) is 0 Å². The van der Waals surface area contributed by atoms with Crippen LogP contribution in [0.25, 0.3) is 11.4 Å². The summed E-state index contributed by atoms with van der Waals surface area (Å²) in [6, 6.07) is 18.9. The number of terminal acetylenes is 1. The summed E-state index contributed by atoms with van der Waals surface area (Å²) in [5.74, 6) is 3.55. The third-order valence-corrected chi connectivity index (χ3v) is 4.75. The van der Waals surface area contributed by atoms with E-state index in [1.54, 1.807) is 6.08 Å². The molecule has 2 nitrogen and oxygen atoms in total. The first-order valence-electron chi connectivity index (χ1n) is 10.6. The number of allylic oxidation sites excluding steroid dienone is 4. The predicted octanol–water partition coefficient (Wildman–Crippen LogP) is 4.75. The van der Waals surface area contributed by atoms with Crippen molar-refractivity contribution in [3.05, 3.63) is 113 Å². The lowest BCUT2D eigenvalue weighted by Gasteiger charge is -2.29. The van der Waals surface area contributed by atoms with E-state index in [9.17, 15) is 0 Å². The average Bonchev–Trinajstić information content (AvgIpc) is 2.99. The highest BCUT2D eigenvalue weighted by molar-refractivity contribution is 6.05. The highest BCUT2D eigenvalue weighted by Gasteiger charge is 2.20.